The van der Waals surface area contributed by atoms with Gasteiger partial charge in [0.25, 0.3) is 5.91 Å². The molecule has 2 aliphatic heterocycles. The minimum atomic E-state index is -0.242. The molecular formula is C26H26BrN3O2. The van der Waals surface area contributed by atoms with E-state index in [1.54, 1.807) is 0 Å². The first kappa shape index (κ1) is 21.0. The van der Waals surface area contributed by atoms with Crippen LogP contribution < -0.4 is 5.32 Å². The second-order valence-electron chi connectivity index (χ2n) is 9.07. The summed E-state index contributed by atoms with van der Waals surface area (Å²) in [4.78, 5) is 27.0. The summed E-state index contributed by atoms with van der Waals surface area (Å²) in [5.41, 5.74) is 5.80. The zero-order valence-electron chi connectivity index (χ0n) is 18.5. The first-order chi connectivity index (χ1) is 15.3. The average molecular weight is 492 g/mol. The van der Waals surface area contributed by atoms with Gasteiger partial charge in [-0.1, -0.05) is 48.0 Å². The second kappa shape index (κ2) is 7.93. The molecule has 2 aromatic carbocycles. The molecule has 3 heterocycles. The van der Waals surface area contributed by atoms with E-state index in [1.165, 1.54) is 17.3 Å². The molecule has 5 nitrogen and oxygen atoms in total. The van der Waals surface area contributed by atoms with Gasteiger partial charge in [0.05, 0.1) is 17.6 Å². The molecule has 0 spiro atoms. The van der Waals surface area contributed by atoms with Crippen LogP contribution in [-0.2, 0) is 16.1 Å². The Morgan fingerprint density at radius 1 is 1.19 bits per heavy atom. The minimum absolute atomic E-state index is 0.205. The third-order valence-corrected chi connectivity index (χ3v) is 7.00. The summed E-state index contributed by atoms with van der Waals surface area (Å²) in [5, 5.41) is 4.69. The van der Waals surface area contributed by atoms with Crippen LogP contribution in [-0.4, -0.2) is 27.8 Å². The van der Waals surface area contributed by atoms with Crippen LogP contribution in [0, 0.1) is 5.92 Å². The van der Waals surface area contributed by atoms with Gasteiger partial charge in [-0.05, 0) is 47.7 Å². The van der Waals surface area contributed by atoms with Crippen LogP contribution in [0.25, 0.3) is 10.9 Å². The smallest absolute Gasteiger partial charge is 0.259 e. The lowest BCUT2D eigenvalue weighted by Gasteiger charge is -2.19. The van der Waals surface area contributed by atoms with E-state index in [0.717, 1.165) is 45.3 Å². The Labute approximate surface area is 196 Å². The van der Waals surface area contributed by atoms with Crippen LogP contribution in [0.3, 0.4) is 0 Å². The maximum atomic E-state index is 13.5. The van der Waals surface area contributed by atoms with Crippen molar-refractivity contribution in [3.63, 3.8) is 0 Å². The van der Waals surface area contributed by atoms with Crippen LogP contribution in [0.4, 0.5) is 5.69 Å². The molecule has 0 aliphatic carbocycles. The molecule has 2 aliphatic rings. The molecule has 6 heteroatoms. The molecule has 0 radical (unpaired) electrons. The third-order valence-electron chi connectivity index (χ3n) is 6.47. The van der Waals surface area contributed by atoms with E-state index < -0.39 is 0 Å². The van der Waals surface area contributed by atoms with E-state index in [0.29, 0.717) is 11.5 Å². The number of amides is 2. The number of aryl methyl sites for hydroxylation is 1. The van der Waals surface area contributed by atoms with E-state index in [2.05, 4.69) is 76.2 Å². The number of halogens is 1. The summed E-state index contributed by atoms with van der Waals surface area (Å²) in [6, 6.07) is 14.4. The van der Waals surface area contributed by atoms with Gasteiger partial charge in [-0.15, -0.1) is 0 Å². The Bertz CT molecular complexity index is 1270. The van der Waals surface area contributed by atoms with Crippen molar-refractivity contribution in [1.29, 1.82) is 0 Å². The molecule has 1 unspecified atom stereocenters. The Kier molecular flexibility index (Phi) is 5.20. The first-order valence-corrected chi connectivity index (χ1v) is 11.8. The van der Waals surface area contributed by atoms with Gasteiger partial charge in [0.15, 0.2) is 0 Å². The van der Waals surface area contributed by atoms with Gasteiger partial charge in [0, 0.05) is 46.8 Å². The average Bonchev–Trinajstić information content (AvgIpc) is 3.23. The van der Waals surface area contributed by atoms with E-state index in [9.17, 15) is 9.59 Å². The van der Waals surface area contributed by atoms with Gasteiger partial charge in [0.2, 0.25) is 5.91 Å². The lowest BCUT2D eigenvalue weighted by molar-refractivity contribution is -0.139. The number of imide groups is 1. The Balaban J connectivity index is 1.75. The number of benzene rings is 2. The number of rotatable bonds is 4. The molecule has 0 saturated heterocycles. The Morgan fingerprint density at radius 2 is 1.94 bits per heavy atom. The normalized spacial score (nSPS) is 17.7. The van der Waals surface area contributed by atoms with E-state index in [-0.39, 0.29) is 24.3 Å². The molecule has 1 N–H and O–H groups in total. The topological polar surface area (TPSA) is 54.3 Å². The van der Waals surface area contributed by atoms with Crippen LogP contribution in [0.1, 0.15) is 44.2 Å². The van der Waals surface area contributed by atoms with Gasteiger partial charge in [-0.2, -0.15) is 0 Å². The number of anilines is 1. The van der Waals surface area contributed by atoms with Gasteiger partial charge in [-0.3, -0.25) is 14.5 Å². The molecule has 164 valence electrons. The SMILES string of the molecule is CC(=O)N1CC2=C(C1=O)C(c1ccc(Br)cc1)c1cn(CCC(C)C)c3cccc(c13)N2. The van der Waals surface area contributed by atoms with Gasteiger partial charge in [-0.25, -0.2) is 0 Å². The standard InChI is InChI=1S/C26H26BrN3O2/c1-15(2)11-12-29-13-19-23(17-7-9-18(27)10-8-17)25-21(14-30(16(3)31)26(25)32)28-20-5-4-6-22(29)24(19)20/h4-10,13,15,23,28H,11-12,14H2,1-3H3. The van der Waals surface area contributed by atoms with Crippen molar-refractivity contribution in [3.05, 3.63) is 75.5 Å². The van der Waals surface area contributed by atoms with Crippen molar-refractivity contribution >= 4 is 44.3 Å². The highest BCUT2D eigenvalue weighted by Gasteiger charge is 2.41. The van der Waals surface area contributed by atoms with Crippen molar-refractivity contribution in [3.8, 4) is 0 Å². The predicted molar refractivity (Wildman–Crippen MR) is 130 cm³/mol. The zero-order chi connectivity index (χ0) is 22.6. The zero-order valence-corrected chi connectivity index (χ0v) is 20.1. The summed E-state index contributed by atoms with van der Waals surface area (Å²) in [7, 11) is 0. The summed E-state index contributed by atoms with van der Waals surface area (Å²) in [6.45, 7) is 7.12. The lowest BCUT2D eigenvalue weighted by atomic mass is 9.84. The highest BCUT2D eigenvalue weighted by molar-refractivity contribution is 9.10. The molecule has 0 bridgehead atoms. The number of hydrogen-bond acceptors (Lipinski definition) is 3. The van der Waals surface area contributed by atoms with E-state index in [1.807, 2.05) is 12.1 Å². The van der Waals surface area contributed by atoms with Crippen LogP contribution in [0.15, 0.2) is 64.4 Å². The van der Waals surface area contributed by atoms with Crippen molar-refractivity contribution in [2.24, 2.45) is 5.92 Å². The van der Waals surface area contributed by atoms with Crippen molar-refractivity contribution < 1.29 is 9.59 Å². The Morgan fingerprint density at radius 3 is 2.62 bits per heavy atom. The monoisotopic (exact) mass is 491 g/mol. The third kappa shape index (κ3) is 3.37. The number of carbonyl (C=O) groups excluding carboxylic acids is 2. The lowest BCUT2D eigenvalue weighted by Crippen LogP contribution is -2.33. The van der Waals surface area contributed by atoms with Crippen molar-refractivity contribution in [2.45, 2.75) is 39.7 Å². The summed E-state index contributed by atoms with van der Waals surface area (Å²) in [5.74, 6) is -0.0766. The number of carbonyl (C=O) groups is 2. The molecule has 0 fully saturated rings. The van der Waals surface area contributed by atoms with E-state index >= 15 is 0 Å². The van der Waals surface area contributed by atoms with Gasteiger partial charge in [0.1, 0.15) is 0 Å². The van der Waals surface area contributed by atoms with Gasteiger partial charge < -0.3 is 9.88 Å². The van der Waals surface area contributed by atoms with Crippen LogP contribution >= 0.6 is 15.9 Å². The summed E-state index contributed by atoms with van der Waals surface area (Å²) in [6.07, 6.45) is 3.29. The summed E-state index contributed by atoms with van der Waals surface area (Å²) >= 11 is 3.53. The quantitative estimate of drug-likeness (QED) is 0.512. The van der Waals surface area contributed by atoms with Crippen LogP contribution in [0.2, 0.25) is 0 Å². The minimum Gasteiger partial charge on any atom is -0.356 e. The highest BCUT2D eigenvalue weighted by atomic mass is 79.9. The molecule has 2 amide bonds. The first-order valence-electron chi connectivity index (χ1n) is 11.0. The van der Waals surface area contributed by atoms with Gasteiger partial charge >= 0.3 is 0 Å². The number of nitrogens with one attached hydrogen (secondary N) is 1. The maximum Gasteiger partial charge on any atom is 0.259 e. The molecule has 3 aromatic rings. The Hall–Kier alpha value is -2.86. The molecule has 5 rings (SSSR count). The number of hydrogen-bond donors (Lipinski definition) is 1. The molecule has 1 atom stereocenters. The second-order valence-corrected chi connectivity index (χ2v) is 9.99. The number of aromatic nitrogens is 1. The summed E-state index contributed by atoms with van der Waals surface area (Å²) < 4.78 is 3.31. The number of nitrogens with zero attached hydrogens (tertiary/aromatic N) is 2. The molecule has 0 saturated carbocycles. The van der Waals surface area contributed by atoms with Crippen LogP contribution in [0.5, 0.6) is 0 Å². The maximum absolute atomic E-state index is 13.5. The molecular weight excluding hydrogens is 466 g/mol. The fraction of sp³-hybridized carbons (Fsp3) is 0.308. The molecule has 32 heavy (non-hydrogen) atoms. The van der Waals surface area contributed by atoms with E-state index in [4.69, 9.17) is 0 Å². The van der Waals surface area contributed by atoms with Crippen molar-refractivity contribution in [2.75, 3.05) is 11.9 Å². The molecule has 1 aromatic heterocycles. The fourth-order valence-electron chi connectivity index (χ4n) is 4.86. The van der Waals surface area contributed by atoms with Crippen molar-refractivity contribution in [1.82, 2.24) is 9.47 Å². The predicted octanol–water partition coefficient (Wildman–Crippen LogP) is 5.65. The largest absolute Gasteiger partial charge is 0.356 e. The fourth-order valence-corrected chi connectivity index (χ4v) is 5.12. The highest BCUT2D eigenvalue weighted by Crippen LogP contribution is 2.46.